The fourth-order valence-corrected chi connectivity index (χ4v) is 2.08. The predicted molar refractivity (Wildman–Crippen MR) is 84.2 cm³/mol. The molecule has 0 aliphatic heterocycles. The number of anilines is 2. The highest BCUT2D eigenvalue weighted by Crippen LogP contribution is 2.20. The Morgan fingerprint density at radius 3 is 2.50 bits per heavy atom. The van der Waals surface area contributed by atoms with Crippen molar-refractivity contribution in [2.24, 2.45) is 0 Å². The highest BCUT2D eigenvalue weighted by molar-refractivity contribution is 5.94. The van der Waals surface area contributed by atoms with Gasteiger partial charge in [-0.2, -0.15) is 0 Å². The summed E-state index contributed by atoms with van der Waals surface area (Å²) in [6, 6.07) is 11.6. The van der Waals surface area contributed by atoms with Gasteiger partial charge in [0.15, 0.2) is 0 Å². The lowest BCUT2D eigenvalue weighted by atomic mass is 10.1. The van der Waals surface area contributed by atoms with Gasteiger partial charge in [0.2, 0.25) is 11.8 Å². The third-order valence-corrected chi connectivity index (χ3v) is 3.17. The summed E-state index contributed by atoms with van der Waals surface area (Å²) < 4.78 is 13.8. The molecule has 0 heterocycles. The maximum absolute atomic E-state index is 13.8. The molecule has 2 aromatic carbocycles. The Kier molecular flexibility index (Phi) is 4.88. The standard InChI is InChI=1S/C17H17FN2O2/c1-11-5-3-4-6-13(11)9-17(22)20-16-10-14(19-12(2)21)7-8-15(16)18/h3-8,10H,9H2,1-2H3,(H,19,21)(H,20,22). The molecule has 0 bridgehead atoms. The molecule has 0 aliphatic rings. The summed E-state index contributed by atoms with van der Waals surface area (Å²) in [4.78, 5) is 23.1. The van der Waals surface area contributed by atoms with Gasteiger partial charge >= 0.3 is 0 Å². The number of nitrogens with one attached hydrogen (secondary N) is 2. The van der Waals surface area contributed by atoms with Crippen LogP contribution in [0.2, 0.25) is 0 Å². The average Bonchev–Trinajstić information content (AvgIpc) is 2.44. The molecule has 5 heteroatoms. The van der Waals surface area contributed by atoms with E-state index in [0.29, 0.717) is 5.69 Å². The topological polar surface area (TPSA) is 58.2 Å². The molecule has 2 amide bonds. The van der Waals surface area contributed by atoms with Gasteiger partial charge in [-0.1, -0.05) is 24.3 Å². The summed E-state index contributed by atoms with van der Waals surface area (Å²) in [6.45, 7) is 3.28. The predicted octanol–water partition coefficient (Wildman–Crippen LogP) is 3.27. The lowest BCUT2D eigenvalue weighted by Gasteiger charge is -2.10. The van der Waals surface area contributed by atoms with E-state index in [4.69, 9.17) is 0 Å². The fourth-order valence-electron chi connectivity index (χ4n) is 2.08. The van der Waals surface area contributed by atoms with Crippen LogP contribution in [-0.2, 0) is 16.0 Å². The molecule has 22 heavy (non-hydrogen) atoms. The first kappa shape index (κ1) is 15.7. The van der Waals surface area contributed by atoms with Crippen molar-refractivity contribution in [2.45, 2.75) is 20.3 Å². The van der Waals surface area contributed by atoms with E-state index in [9.17, 15) is 14.0 Å². The summed E-state index contributed by atoms with van der Waals surface area (Å²) in [6.07, 6.45) is 0.163. The first-order valence-corrected chi connectivity index (χ1v) is 6.87. The molecule has 114 valence electrons. The minimum atomic E-state index is -0.549. The molecule has 0 atom stereocenters. The second-order valence-electron chi connectivity index (χ2n) is 5.03. The Morgan fingerprint density at radius 1 is 1.09 bits per heavy atom. The van der Waals surface area contributed by atoms with Gasteiger partial charge in [-0.15, -0.1) is 0 Å². The third-order valence-electron chi connectivity index (χ3n) is 3.17. The number of benzene rings is 2. The van der Waals surface area contributed by atoms with Crippen molar-refractivity contribution in [3.63, 3.8) is 0 Å². The average molecular weight is 300 g/mol. The molecule has 0 unspecified atom stereocenters. The highest BCUT2D eigenvalue weighted by atomic mass is 19.1. The van der Waals surface area contributed by atoms with Gasteiger partial charge in [0.1, 0.15) is 5.82 Å². The normalized spacial score (nSPS) is 10.1. The van der Waals surface area contributed by atoms with E-state index < -0.39 is 5.82 Å². The van der Waals surface area contributed by atoms with Gasteiger partial charge in [-0.05, 0) is 36.2 Å². The molecule has 2 rings (SSSR count). The molecular formula is C17H17FN2O2. The molecule has 0 fully saturated rings. The van der Waals surface area contributed by atoms with Crippen molar-refractivity contribution >= 4 is 23.2 Å². The molecule has 0 saturated carbocycles. The summed E-state index contributed by atoms with van der Waals surface area (Å²) in [5.41, 5.74) is 2.37. The summed E-state index contributed by atoms with van der Waals surface area (Å²) in [5.74, 6) is -1.12. The van der Waals surface area contributed by atoms with Crippen LogP contribution in [0.4, 0.5) is 15.8 Å². The number of rotatable bonds is 4. The molecular weight excluding hydrogens is 283 g/mol. The summed E-state index contributed by atoms with van der Waals surface area (Å²) in [5, 5.41) is 5.08. The molecule has 2 N–H and O–H groups in total. The lowest BCUT2D eigenvalue weighted by molar-refractivity contribution is -0.116. The fraction of sp³-hybridized carbons (Fsp3) is 0.176. The van der Waals surface area contributed by atoms with Crippen molar-refractivity contribution < 1.29 is 14.0 Å². The van der Waals surface area contributed by atoms with Crippen molar-refractivity contribution in [1.29, 1.82) is 0 Å². The second-order valence-corrected chi connectivity index (χ2v) is 5.03. The minimum Gasteiger partial charge on any atom is -0.326 e. The number of halogens is 1. The van der Waals surface area contributed by atoms with E-state index in [-0.39, 0.29) is 23.9 Å². The van der Waals surface area contributed by atoms with Crippen molar-refractivity contribution in [2.75, 3.05) is 10.6 Å². The van der Waals surface area contributed by atoms with Crippen molar-refractivity contribution in [3.05, 3.63) is 59.4 Å². The Hall–Kier alpha value is -2.69. The zero-order valence-electron chi connectivity index (χ0n) is 12.4. The van der Waals surface area contributed by atoms with Crippen LogP contribution in [0.25, 0.3) is 0 Å². The van der Waals surface area contributed by atoms with Crippen LogP contribution in [-0.4, -0.2) is 11.8 Å². The first-order valence-electron chi connectivity index (χ1n) is 6.87. The van der Waals surface area contributed by atoms with Crippen LogP contribution < -0.4 is 10.6 Å². The SMILES string of the molecule is CC(=O)Nc1ccc(F)c(NC(=O)Cc2ccccc2C)c1. The zero-order valence-corrected chi connectivity index (χ0v) is 12.4. The molecule has 0 aliphatic carbocycles. The third kappa shape index (κ3) is 4.15. The number of carbonyl (C=O) groups excluding carboxylic acids is 2. The Morgan fingerprint density at radius 2 is 1.82 bits per heavy atom. The van der Waals surface area contributed by atoms with Gasteiger partial charge < -0.3 is 10.6 Å². The number of carbonyl (C=O) groups is 2. The van der Waals surface area contributed by atoms with Gasteiger partial charge in [0.05, 0.1) is 12.1 Å². The Bertz CT molecular complexity index is 714. The summed E-state index contributed by atoms with van der Waals surface area (Å²) in [7, 11) is 0. The first-order chi connectivity index (χ1) is 10.5. The second kappa shape index (κ2) is 6.85. The zero-order chi connectivity index (χ0) is 16.1. The van der Waals surface area contributed by atoms with E-state index in [1.54, 1.807) is 0 Å². The van der Waals surface area contributed by atoms with Gasteiger partial charge in [0, 0.05) is 12.6 Å². The van der Waals surface area contributed by atoms with E-state index in [0.717, 1.165) is 11.1 Å². The number of amides is 2. The van der Waals surface area contributed by atoms with Crippen molar-refractivity contribution in [1.82, 2.24) is 0 Å². The van der Waals surface area contributed by atoms with Gasteiger partial charge in [-0.3, -0.25) is 9.59 Å². The molecule has 0 saturated heterocycles. The van der Waals surface area contributed by atoms with Crippen molar-refractivity contribution in [3.8, 4) is 0 Å². The van der Waals surface area contributed by atoms with E-state index in [2.05, 4.69) is 10.6 Å². The van der Waals surface area contributed by atoms with E-state index in [1.165, 1.54) is 25.1 Å². The van der Waals surface area contributed by atoms with Crippen LogP contribution in [0.5, 0.6) is 0 Å². The van der Waals surface area contributed by atoms with Crippen LogP contribution in [0.1, 0.15) is 18.1 Å². The van der Waals surface area contributed by atoms with E-state index in [1.807, 2.05) is 31.2 Å². The number of hydrogen-bond acceptors (Lipinski definition) is 2. The monoisotopic (exact) mass is 300 g/mol. The molecule has 0 spiro atoms. The molecule has 2 aromatic rings. The number of aryl methyl sites for hydroxylation is 1. The number of hydrogen-bond donors (Lipinski definition) is 2. The molecule has 4 nitrogen and oxygen atoms in total. The maximum Gasteiger partial charge on any atom is 0.228 e. The maximum atomic E-state index is 13.8. The Balaban J connectivity index is 2.11. The lowest BCUT2D eigenvalue weighted by Crippen LogP contribution is -2.16. The van der Waals surface area contributed by atoms with Crippen LogP contribution >= 0.6 is 0 Å². The van der Waals surface area contributed by atoms with Crippen LogP contribution in [0, 0.1) is 12.7 Å². The van der Waals surface area contributed by atoms with E-state index >= 15 is 0 Å². The van der Waals surface area contributed by atoms with Gasteiger partial charge in [0.25, 0.3) is 0 Å². The molecule has 0 aromatic heterocycles. The Labute approximate surface area is 128 Å². The smallest absolute Gasteiger partial charge is 0.228 e. The van der Waals surface area contributed by atoms with Crippen LogP contribution in [0.15, 0.2) is 42.5 Å². The quantitative estimate of drug-likeness (QED) is 0.910. The van der Waals surface area contributed by atoms with Gasteiger partial charge in [-0.25, -0.2) is 4.39 Å². The highest BCUT2D eigenvalue weighted by Gasteiger charge is 2.10. The minimum absolute atomic E-state index is 0.0461. The van der Waals surface area contributed by atoms with Crippen LogP contribution in [0.3, 0.4) is 0 Å². The largest absolute Gasteiger partial charge is 0.326 e. The molecule has 0 radical (unpaired) electrons. The summed E-state index contributed by atoms with van der Waals surface area (Å²) >= 11 is 0.